The average Bonchev–Trinajstić information content (AvgIpc) is 2.69. The fourth-order valence-corrected chi connectivity index (χ4v) is 2.30. The van der Waals surface area contributed by atoms with Gasteiger partial charge in [0.15, 0.2) is 0 Å². The van der Waals surface area contributed by atoms with Crippen LogP contribution < -0.4 is 0 Å². The molecular weight excluding hydrogens is 500 g/mol. The number of pyridine rings is 2. The first-order valence-electron chi connectivity index (χ1n) is 7.86. The van der Waals surface area contributed by atoms with Gasteiger partial charge in [-0.2, -0.15) is 0 Å². The van der Waals surface area contributed by atoms with Crippen LogP contribution in [0.3, 0.4) is 0 Å². The van der Waals surface area contributed by atoms with Gasteiger partial charge in [-0.05, 0) is 23.9 Å². The summed E-state index contributed by atoms with van der Waals surface area (Å²) in [6.07, 6.45) is 1.79. The fraction of sp³-hybridized carbons (Fsp3) is 0. The molecule has 0 fully saturated rings. The average molecular weight is 518 g/mol. The predicted octanol–water partition coefficient (Wildman–Crippen LogP) is 5.31. The zero-order valence-corrected chi connectivity index (χ0v) is 16.4. The number of benzene rings is 2. The van der Waals surface area contributed by atoms with Crippen LogP contribution in [0, 0.1) is 6.07 Å². The van der Waals surface area contributed by atoms with E-state index in [1.54, 1.807) is 12.3 Å². The van der Waals surface area contributed by atoms with Crippen LogP contribution in [0.1, 0.15) is 5.69 Å². The third-order valence-corrected chi connectivity index (χ3v) is 3.54. The number of nitrogens with zero attached hydrogens (tertiary/aromatic N) is 2. The molecule has 0 aliphatic carbocycles. The van der Waals surface area contributed by atoms with Crippen molar-refractivity contribution < 1.29 is 25.2 Å². The van der Waals surface area contributed by atoms with Crippen LogP contribution in [0.5, 0.6) is 0 Å². The Morgan fingerprint density at radius 2 is 1.65 bits per heavy atom. The van der Waals surface area contributed by atoms with Gasteiger partial charge in [0.2, 0.25) is 0 Å². The molecule has 4 heteroatoms. The summed E-state index contributed by atoms with van der Waals surface area (Å²) in [6.45, 7) is 3.43. The maximum absolute atomic E-state index is 9.13. The summed E-state index contributed by atoms with van der Waals surface area (Å²) in [6, 6.07) is 28.2. The number of fused-ring (bicyclic) bond motifs is 1. The maximum Gasteiger partial charge on any atom is 0.134 e. The van der Waals surface area contributed by atoms with Crippen LogP contribution >= 0.6 is 0 Å². The topological polar surface area (TPSA) is 46.0 Å². The minimum Gasteiger partial charge on any atom is -0.506 e. The summed E-state index contributed by atoms with van der Waals surface area (Å²) in [5, 5.41) is 10.2. The minimum atomic E-state index is 0. The molecule has 2 heterocycles. The Morgan fingerprint density at radius 3 is 2.35 bits per heavy atom. The second-order valence-electron chi connectivity index (χ2n) is 5.33. The predicted molar refractivity (Wildman–Crippen MR) is 102 cm³/mol. The van der Waals surface area contributed by atoms with Crippen LogP contribution in [0.2, 0.25) is 0 Å². The largest absolute Gasteiger partial charge is 0.506 e. The van der Waals surface area contributed by atoms with E-state index in [-0.39, 0.29) is 25.9 Å². The molecule has 2 aromatic heterocycles. The molecule has 1 radical (unpaired) electrons. The van der Waals surface area contributed by atoms with Crippen molar-refractivity contribution in [3.63, 3.8) is 0 Å². The number of para-hydroxylation sites is 1. The van der Waals surface area contributed by atoms with Gasteiger partial charge in [0, 0.05) is 31.7 Å². The van der Waals surface area contributed by atoms with E-state index in [0.717, 1.165) is 22.2 Å². The first-order valence-corrected chi connectivity index (χ1v) is 7.86. The van der Waals surface area contributed by atoms with Crippen molar-refractivity contribution in [3.05, 3.63) is 103 Å². The number of hydrogen-bond donors (Lipinski definition) is 1. The SMILES string of the molecule is C=C(O)c1ccc2ccccc2n1.[Ir].[c-]1ccccc1-c1ccccn1. The number of aliphatic hydroxyl groups excluding tert-OH is 1. The van der Waals surface area contributed by atoms with Crippen molar-refractivity contribution in [2.75, 3.05) is 0 Å². The zero-order chi connectivity index (χ0) is 17.5. The second kappa shape index (κ2) is 9.62. The molecule has 0 bridgehead atoms. The smallest absolute Gasteiger partial charge is 0.134 e. The van der Waals surface area contributed by atoms with E-state index >= 15 is 0 Å². The molecule has 0 saturated carbocycles. The van der Waals surface area contributed by atoms with E-state index in [4.69, 9.17) is 5.11 Å². The molecule has 4 aromatic rings. The molecule has 4 rings (SSSR count). The molecule has 0 saturated heterocycles. The molecule has 2 aromatic carbocycles. The van der Waals surface area contributed by atoms with Gasteiger partial charge < -0.3 is 10.1 Å². The number of hydrogen-bond acceptors (Lipinski definition) is 3. The van der Waals surface area contributed by atoms with E-state index in [9.17, 15) is 0 Å². The summed E-state index contributed by atoms with van der Waals surface area (Å²) in [7, 11) is 0. The molecule has 131 valence electrons. The molecule has 0 amide bonds. The summed E-state index contributed by atoms with van der Waals surface area (Å²) in [5.74, 6) is 0.00533. The van der Waals surface area contributed by atoms with Crippen molar-refractivity contribution in [3.8, 4) is 11.3 Å². The quantitative estimate of drug-likeness (QED) is 0.290. The van der Waals surface area contributed by atoms with Gasteiger partial charge in [-0.25, -0.2) is 4.98 Å². The van der Waals surface area contributed by atoms with E-state index in [2.05, 4.69) is 22.6 Å². The van der Waals surface area contributed by atoms with Crippen LogP contribution in [0.15, 0.2) is 91.6 Å². The summed E-state index contributed by atoms with van der Waals surface area (Å²) in [4.78, 5) is 8.44. The van der Waals surface area contributed by atoms with Crippen LogP contribution in [-0.2, 0) is 20.1 Å². The Balaban J connectivity index is 0.000000180. The summed E-state index contributed by atoms with van der Waals surface area (Å²) >= 11 is 0. The van der Waals surface area contributed by atoms with Crippen molar-refractivity contribution in [2.45, 2.75) is 0 Å². The number of rotatable bonds is 2. The first kappa shape index (κ1) is 19.5. The van der Waals surface area contributed by atoms with E-state index < -0.39 is 0 Å². The van der Waals surface area contributed by atoms with Crippen molar-refractivity contribution in [1.82, 2.24) is 9.97 Å². The Labute approximate surface area is 166 Å². The molecule has 0 unspecified atom stereocenters. The third kappa shape index (κ3) is 5.09. The molecule has 0 aliphatic heterocycles. The van der Waals surface area contributed by atoms with Crippen LogP contribution in [0.25, 0.3) is 27.9 Å². The van der Waals surface area contributed by atoms with Gasteiger partial charge in [0.25, 0.3) is 0 Å². The third-order valence-electron chi connectivity index (χ3n) is 3.54. The zero-order valence-electron chi connectivity index (χ0n) is 14.0. The first-order chi connectivity index (χ1) is 12.2. The van der Waals surface area contributed by atoms with Gasteiger partial charge in [0.05, 0.1) is 5.52 Å². The Morgan fingerprint density at radius 1 is 0.885 bits per heavy atom. The van der Waals surface area contributed by atoms with Crippen LogP contribution in [-0.4, -0.2) is 15.1 Å². The molecular formula is C22H17IrN2O-. The minimum absolute atomic E-state index is 0. The summed E-state index contributed by atoms with van der Waals surface area (Å²) < 4.78 is 0. The van der Waals surface area contributed by atoms with Crippen molar-refractivity contribution in [2.24, 2.45) is 0 Å². The van der Waals surface area contributed by atoms with Gasteiger partial charge in [-0.15, -0.1) is 35.9 Å². The molecule has 0 spiro atoms. The van der Waals surface area contributed by atoms with Crippen molar-refractivity contribution in [1.29, 1.82) is 0 Å². The van der Waals surface area contributed by atoms with Gasteiger partial charge in [0.1, 0.15) is 11.5 Å². The van der Waals surface area contributed by atoms with Crippen molar-refractivity contribution >= 4 is 16.7 Å². The standard InChI is InChI=1S/C11H9NO.C11H8N.Ir/c1-8(13)10-7-6-9-4-2-3-5-11(9)12-10;1-2-6-10(7-3-1)11-8-4-5-9-12-11;/h2-7,13H,1H2;1-6,8-9H;/q;-1;. The maximum atomic E-state index is 9.13. The van der Waals surface area contributed by atoms with E-state index in [1.807, 2.05) is 72.8 Å². The second-order valence-corrected chi connectivity index (χ2v) is 5.33. The number of aliphatic hydroxyl groups is 1. The molecule has 0 atom stereocenters. The fourth-order valence-electron chi connectivity index (χ4n) is 2.30. The van der Waals surface area contributed by atoms with Gasteiger partial charge >= 0.3 is 0 Å². The Kier molecular flexibility index (Phi) is 7.22. The van der Waals surface area contributed by atoms with Gasteiger partial charge in [-0.3, -0.25) is 0 Å². The molecule has 3 nitrogen and oxygen atoms in total. The molecule has 1 N–H and O–H groups in total. The Bertz CT molecular complexity index is 935. The normalized spacial score (nSPS) is 9.54. The summed E-state index contributed by atoms with van der Waals surface area (Å²) in [5.41, 5.74) is 3.41. The van der Waals surface area contributed by atoms with Gasteiger partial charge in [-0.1, -0.05) is 43.0 Å². The molecule has 0 aliphatic rings. The van der Waals surface area contributed by atoms with E-state index in [1.165, 1.54) is 0 Å². The van der Waals surface area contributed by atoms with Crippen LogP contribution in [0.4, 0.5) is 0 Å². The molecule has 26 heavy (non-hydrogen) atoms. The monoisotopic (exact) mass is 518 g/mol. The number of aromatic nitrogens is 2. The van der Waals surface area contributed by atoms with E-state index in [0.29, 0.717) is 5.69 Å². The Hall–Kier alpha value is -2.81.